The van der Waals surface area contributed by atoms with E-state index in [-0.39, 0.29) is 11.1 Å². The predicted molar refractivity (Wildman–Crippen MR) is 94.7 cm³/mol. The average Bonchev–Trinajstić information content (AvgIpc) is 2.53. The van der Waals surface area contributed by atoms with Crippen molar-refractivity contribution in [3.05, 3.63) is 62.6 Å². The summed E-state index contributed by atoms with van der Waals surface area (Å²) < 4.78 is 1.36. The molecule has 24 heavy (non-hydrogen) atoms. The topological polar surface area (TPSA) is 61.9 Å². The SMILES string of the molecule is Cc1nn(CN(C)Cc2ccc(C(C)C)cc2)c(=O)c(C#N)c1C. The molecule has 0 fully saturated rings. The number of hydrogen-bond donors (Lipinski definition) is 0. The van der Waals surface area contributed by atoms with Gasteiger partial charge in [-0.1, -0.05) is 38.1 Å². The van der Waals surface area contributed by atoms with Crippen molar-refractivity contribution in [2.75, 3.05) is 7.05 Å². The minimum atomic E-state index is -0.331. The molecular weight excluding hydrogens is 300 g/mol. The van der Waals surface area contributed by atoms with Crippen molar-refractivity contribution in [1.29, 1.82) is 5.26 Å². The van der Waals surface area contributed by atoms with Gasteiger partial charge in [0.15, 0.2) is 0 Å². The molecule has 5 heteroatoms. The number of rotatable bonds is 5. The summed E-state index contributed by atoms with van der Waals surface area (Å²) >= 11 is 0. The predicted octanol–water partition coefficient (Wildman–Crippen LogP) is 2.94. The first-order valence-corrected chi connectivity index (χ1v) is 8.09. The highest BCUT2D eigenvalue weighted by atomic mass is 16.1. The van der Waals surface area contributed by atoms with Crippen LogP contribution in [0.5, 0.6) is 0 Å². The summed E-state index contributed by atoms with van der Waals surface area (Å²) in [7, 11) is 1.94. The molecule has 0 aliphatic carbocycles. The molecule has 0 radical (unpaired) electrons. The Labute approximate surface area is 143 Å². The third-order valence-corrected chi connectivity index (χ3v) is 4.22. The van der Waals surface area contributed by atoms with E-state index < -0.39 is 0 Å². The van der Waals surface area contributed by atoms with Gasteiger partial charge in [-0.05, 0) is 43.5 Å². The Hall–Kier alpha value is -2.45. The smallest absolute Gasteiger partial charge is 0.283 e. The molecule has 1 heterocycles. The minimum absolute atomic E-state index is 0.178. The van der Waals surface area contributed by atoms with Crippen molar-refractivity contribution < 1.29 is 0 Å². The van der Waals surface area contributed by atoms with Crippen LogP contribution in [0.25, 0.3) is 0 Å². The zero-order valence-corrected chi connectivity index (χ0v) is 15.0. The molecule has 1 aromatic carbocycles. The van der Waals surface area contributed by atoms with Crippen molar-refractivity contribution in [3.8, 4) is 6.07 Å². The van der Waals surface area contributed by atoms with E-state index in [9.17, 15) is 10.1 Å². The summed E-state index contributed by atoms with van der Waals surface area (Å²) in [6.45, 7) is 8.97. The zero-order chi connectivity index (χ0) is 17.9. The molecule has 5 nitrogen and oxygen atoms in total. The van der Waals surface area contributed by atoms with E-state index in [0.717, 1.165) is 0 Å². The number of hydrogen-bond acceptors (Lipinski definition) is 4. The van der Waals surface area contributed by atoms with Crippen LogP contribution < -0.4 is 5.56 Å². The van der Waals surface area contributed by atoms with E-state index in [1.807, 2.05) is 24.9 Å². The van der Waals surface area contributed by atoms with Crippen LogP contribution in [0.2, 0.25) is 0 Å². The van der Waals surface area contributed by atoms with Gasteiger partial charge in [-0.15, -0.1) is 0 Å². The molecule has 0 N–H and O–H groups in total. The van der Waals surface area contributed by atoms with Gasteiger partial charge in [-0.3, -0.25) is 9.69 Å². The zero-order valence-electron chi connectivity index (χ0n) is 15.0. The maximum Gasteiger partial charge on any atom is 0.286 e. The molecule has 0 saturated heterocycles. The van der Waals surface area contributed by atoms with Gasteiger partial charge in [0.1, 0.15) is 11.6 Å². The number of aryl methyl sites for hydroxylation is 1. The highest BCUT2D eigenvalue weighted by Gasteiger charge is 2.12. The van der Waals surface area contributed by atoms with Crippen LogP contribution in [-0.4, -0.2) is 21.7 Å². The molecule has 0 aliphatic heterocycles. The maximum absolute atomic E-state index is 12.3. The molecule has 0 atom stereocenters. The van der Waals surface area contributed by atoms with Crippen LogP contribution in [0.4, 0.5) is 0 Å². The standard InChI is InChI=1S/C19H24N4O/c1-13(2)17-8-6-16(7-9-17)11-22(5)12-23-19(24)18(10-20)14(3)15(4)21-23/h6-9,13H,11-12H2,1-5H3. The number of aromatic nitrogens is 2. The maximum atomic E-state index is 12.3. The van der Waals surface area contributed by atoms with Crippen molar-refractivity contribution in [2.24, 2.45) is 0 Å². The van der Waals surface area contributed by atoms with E-state index in [1.54, 1.807) is 6.92 Å². The molecule has 0 saturated carbocycles. The summed E-state index contributed by atoms with van der Waals surface area (Å²) in [5.74, 6) is 0.513. The molecule has 0 unspecified atom stereocenters. The van der Waals surface area contributed by atoms with Crippen LogP contribution in [-0.2, 0) is 13.2 Å². The monoisotopic (exact) mass is 324 g/mol. The average molecular weight is 324 g/mol. The van der Waals surface area contributed by atoms with Crippen molar-refractivity contribution in [2.45, 2.75) is 46.8 Å². The fourth-order valence-electron chi connectivity index (χ4n) is 2.60. The Balaban J connectivity index is 2.16. The second-order valence-corrected chi connectivity index (χ2v) is 6.55. The highest BCUT2D eigenvalue weighted by molar-refractivity contribution is 5.36. The fourth-order valence-corrected chi connectivity index (χ4v) is 2.60. The summed E-state index contributed by atoms with van der Waals surface area (Å²) in [6, 6.07) is 10.5. The van der Waals surface area contributed by atoms with Gasteiger partial charge in [-0.2, -0.15) is 10.4 Å². The van der Waals surface area contributed by atoms with Crippen LogP contribution in [0, 0.1) is 25.2 Å². The van der Waals surface area contributed by atoms with Crippen LogP contribution >= 0.6 is 0 Å². The van der Waals surface area contributed by atoms with Crippen LogP contribution in [0.1, 0.15) is 47.7 Å². The fraction of sp³-hybridized carbons (Fsp3) is 0.421. The molecule has 2 aromatic rings. The molecule has 2 rings (SSSR count). The van der Waals surface area contributed by atoms with Crippen molar-refractivity contribution >= 4 is 0 Å². The molecule has 0 amide bonds. The lowest BCUT2D eigenvalue weighted by Crippen LogP contribution is -2.34. The van der Waals surface area contributed by atoms with Crippen molar-refractivity contribution in [1.82, 2.24) is 14.7 Å². The number of nitrogens with zero attached hydrogens (tertiary/aromatic N) is 4. The Bertz CT molecular complexity index is 813. The molecule has 0 spiro atoms. The molecule has 0 bridgehead atoms. The van der Waals surface area contributed by atoms with Crippen LogP contribution in [0.3, 0.4) is 0 Å². The second-order valence-electron chi connectivity index (χ2n) is 6.55. The van der Waals surface area contributed by atoms with E-state index in [4.69, 9.17) is 0 Å². The minimum Gasteiger partial charge on any atom is -0.283 e. The molecule has 126 valence electrons. The number of nitriles is 1. The normalized spacial score (nSPS) is 11.1. The first kappa shape index (κ1) is 17.9. The summed E-state index contributed by atoms with van der Waals surface area (Å²) in [4.78, 5) is 14.3. The molecule has 0 aliphatic rings. The van der Waals surface area contributed by atoms with E-state index in [2.05, 4.69) is 43.2 Å². The largest absolute Gasteiger partial charge is 0.286 e. The second kappa shape index (κ2) is 7.41. The third-order valence-electron chi connectivity index (χ3n) is 4.22. The Morgan fingerprint density at radius 1 is 1.25 bits per heavy atom. The lowest BCUT2D eigenvalue weighted by molar-refractivity contribution is 0.239. The molecule has 1 aromatic heterocycles. The lowest BCUT2D eigenvalue weighted by Gasteiger charge is -2.19. The molecular formula is C19H24N4O. The van der Waals surface area contributed by atoms with Gasteiger partial charge in [0.05, 0.1) is 12.4 Å². The first-order valence-electron chi connectivity index (χ1n) is 8.09. The van der Waals surface area contributed by atoms with Gasteiger partial charge >= 0.3 is 0 Å². The van der Waals surface area contributed by atoms with Crippen molar-refractivity contribution in [3.63, 3.8) is 0 Å². The quantitative estimate of drug-likeness (QED) is 0.848. The van der Waals surface area contributed by atoms with Gasteiger partial charge < -0.3 is 0 Å². The Morgan fingerprint density at radius 3 is 2.42 bits per heavy atom. The number of benzene rings is 1. The van der Waals surface area contributed by atoms with Crippen LogP contribution in [0.15, 0.2) is 29.1 Å². The van der Waals surface area contributed by atoms with Gasteiger partial charge in [0.2, 0.25) is 0 Å². The van der Waals surface area contributed by atoms with Gasteiger partial charge in [0, 0.05) is 6.54 Å². The van der Waals surface area contributed by atoms with Gasteiger partial charge in [0.25, 0.3) is 5.56 Å². The van der Waals surface area contributed by atoms with Gasteiger partial charge in [-0.25, -0.2) is 4.68 Å². The Kier molecular flexibility index (Phi) is 5.53. The summed E-state index contributed by atoms with van der Waals surface area (Å²) in [5, 5.41) is 13.5. The summed E-state index contributed by atoms with van der Waals surface area (Å²) in [6.07, 6.45) is 0. The van der Waals surface area contributed by atoms with E-state index in [1.165, 1.54) is 15.8 Å². The third kappa shape index (κ3) is 3.90. The van der Waals surface area contributed by atoms with E-state index >= 15 is 0 Å². The summed E-state index contributed by atoms with van der Waals surface area (Å²) in [5.41, 5.74) is 3.71. The highest BCUT2D eigenvalue weighted by Crippen LogP contribution is 2.15. The van der Waals surface area contributed by atoms with E-state index in [0.29, 0.717) is 30.4 Å². The lowest BCUT2D eigenvalue weighted by atomic mass is 10.0. The Morgan fingerprint density at radius 2 is 1.88 bits per heavy atom. The first-order chi connectivity index (χ1) is 11.3.